The van der Waals surface area contributed by atoms with Crippen LogP contribution in [0.5, 0.6) is 0 Å². The molecule has 0 N–H and O–H groups in total. The molecule has 35 heavy (non-hydrogen) atoms. The smallest absolute Gasteiger partial charge is 0.410 e. The van der Waals surface area contributed by atoms with E-state index in [0.29, 0.717) is 19.1 Å². The molecule has 0 spiro atoms. The Hall–Kier alpha value is -3.18. The molecule has 1 aliphatic rings. The summed E-state index contributed by atoms with van der Waals surface area (Å²) in [4.78, 5) is 21.9. The molecule has 0 saturated heterocycles. The van der Waals surface area contributed by atoms with E-state index in [1.165, 1.54) is 18.4 Å². The number of aromatic nitrogens is 1. The fraction of sp³-hybridized carbons (Fsp3) is 0.400. The van der Waals surface area contributed by atoms with Crippen LogP contribution in [0.4, 0.5) is 4.79 Å². The zero-order valence-corrected chi connectivity index (χ0v) is 21.0. The van der Waals surface area contributed by atoms with E-state index in [-0.39, 0.29) is 12.1 Å². The number of pyridine rings is 1. The van der Waals surface area contributed by atoms with E-state index in [2.05, 4.69) is 54.2 Å². The molecule has 5 heteroatoms. The molecule has 1 heterocycles. The predicted octanol–water partition coefficient (Wildman–Crippen LogP) is 6.43. The number of hydrogen-bond acceptors (Lipinski definition) is 4. The number of benzene rings is 2. The Balaban J connectivity index is 1.39. The second kappa shape index (κ2) is 12.5. The molecular formula is C30H37N3O2. The summed E-state index contributed by atoms with van der Waals surface area (Å²) in [5.41, 5.74) is 4.46. The van der Waals surface area contributed by atoms with Gasteiger partial charge in [0, 0.05) is 31.9 Å². The van der Waals surface area contributed by atoms with Crippen molar-refractivity contribution in [2.24, 2.45) is 5.92 Å². The third kappa shape index (κ3) is 7.40. The van der Waals surface area contributed by atoms with Crippen molar-refractivity contribution < 1.29 is 9.53 Å². The molecule has 1 aromatic heterocycles. The van der Waals surface area contributed by atoms with Crippen LogP contribution in [0.3, 0.4) is 0 Å². The maximum Gasteiger partial charge on any atom is 0.410 e. The topological polar surface area (TPSA) is 45.7 Å². The van der Waals surface area contributed by atoms with Gasteiger partial charge in [0.15, 0.2) is 0 Å². The van der Waals surface area contributed by atoms with Gasteiger partial charge in [-0.15, -0.1) is 0 Å². The van der Waals surface area contributed by atoms with Crippen LogP contribution in [0, 0.1) is 5.92 Å². The number of carbonyl (C=O) groups excluding carboxylic acids is 1. The first-order valence-electron chi connectivity index (χ1n) is 12.7. The maximum absolute atomic E-state index is 13.2. The van der Waals surface area contributed by atoms with Crippen LogP contribution >= 0.6 is 0 Å². The van der Waals surface area contributed by atoms with E-state index >= 15 is 0 Å². The molecule has 0 aliphatic heterocycles. The Morgan fingerprint density at radius 2 is 1.54 bits per heavy atom. The Morgan fingerprint density at radius 3 is 2.23 bits per heavy atom. The Bertz CT molecular complexity index is 1040. The van der Waals surface area contributed by atoms with Gasteiger partial charge in [-0.1, -0.05) is 80.4 Å². The van der Waals surface area contributed by atoms with Crippen molar-refractivity contribution in [1.82, 2.24) is 14.8 Å². The number of rotatable bonds is 9. The van der Waals surface area contributed by atoms with Gasteiger partial charge in [-0.2, -0.15) is 0 Å². The monoisotopic (exact) mass is 471 g/mol. The highest BCUT2D eigenvalue weighted by Gasteiger charge is 2.31. The first-order chi connectivity index (χ1) is 17.1. The molecule has 2 aromatic carbocycles. The molecule has 0 radical (unpaired) electrons. The highest BCUT2D eigenvalue weighted by atomic mass is 16.6. The van der Waals surface area contributed by atoms with Gasteiger partial charge in [0.2, 0.25) is 0 Å². The van der Waals surface area contributed by atoms with Gasteiger partial charge in [0.05, 0.1) is 5.69 Å². The van der Waals surface area contributed by atoms with Gasteiger partial charge in [-0.3, -0.25) is 9.88 Å². The molecule has 0 unspecified atom stereocenters. The quantitative estimate of drug-likeness (QED) is 0.361. The van der Waals surface area contributed by atoms with Crippen molar-refractivity contribution in [3.63, 3.8) is 0 Å². The van der Waals surface area contributed by atoms with Crippen LogP contribution in [-0.4, -0.2) is 34.0 Å². The SMILES string of the molecule is C[C@H]1CCCC[C@H]1N(Cc1ccc(CN(C)Cc2ccccn2)cc1)C(=O)OCc1ccccc1. The standard InChI is InChI=1S/C30H37N3O2/c1-24-10-6-7-14-29(24)33(30(34)35-23-27-11-4-3-5-12-27)21-26-17-15-25(16-18-26)20-32(2)22-28-13-8-9-19-31-28/h3-5,8-9,11-13,15-19,24,29H,6-7,10,14,20-23H2,1-2H3/t24-,29+/m0/s1. The number of hydrogen-bond donors (Lipinski definition) is 0. The predicted molar refractivity (Wildman–Crippen MR) is 139 cm³/mol. The average molecular weight is 472 g/mol. The fourth-order valence-electron chi connectivity index (χ4n) is 4.96. The van der Waals surface area contributed by atoms with E-state index < -0.39 is 0 Å². The number of carbonyl (C=O) groups is 1. The van der Waals surface area contributed by atoms with Gasteiger partial charge in [0.1, 0.15) is 6.61 Å². The Labute approximate surface area is 209 Å². The Kier molecular flexibility index (Phi) is 8.90. The summed E-state index contributed by atoms with van der Waals surface area (Å²) in [6, 6.07) is 24.8. The van der Waals surface area contributed by atoms with Crippen molar-refractivity contribution in [2.75, 3.05) is 7.05 Å². The number of ether oxygens (including phenoxy) is 1. The molecule has 1 fully saturated rings. The molecule has 184 valence electrons. The van der Waals surface area contributed by atoms with Crippen molar-refractivity contribution >= 4 is 6.09 Å². The van der Waals surface area contributed by atoms with Crippen molar-refractivity contribution in [2.45, 2.75) is 64.9 Å². The summed E-state index contributed by atoms with van der Waals surface area (Å²) in [6.45, 7) is 4.80. The van der Waals surface area contributed by atoms with Gasteiger partial charge >= 0.3 is 6.09 Å². The van der Waals surface area contributed by atoms with Gasteiger partial charge in [-0.05, 0) is 54.6 Å². The maximum atomic E-state index is 13.2. The zero-order chi connectivity index (χ0) is 24.5. The molecule has 0 bridgehead atoms. The number of nitrogens with zero attached hydrogens (tertiary/aromatic N) is 3. The van der Waals surface area contributed by atoms with E-state index in [4.69, 9.17) is 4.74 Å². The lowest BCUT2D eigenvalue weighted by atomic mass is 9.85. The van der Waals surface area contributed by atoms with Crippen LogP contribution in [0.1, 0.15) is 55.0 Å². The number of amides is 1. The summed E-state index contributed by atoms with van der Waals surface area (Å²) >= 11 is 0. The van der Waals surface area contributed by atoms with Crippen LogP contribution in [0.15, 0.2) is 79.0 Å². The average Bonchev–Trinajstić information content (AvgIpc) is 2.88. The van der Waals surface area contributed by atoms with Crippen LogP contribution in [0.2, 0.25) is 0 Å². The lowest BCUT2D eigenvalue weighted by Crippen LogP contribution is -2.45. The summed E-state index contributed by atoms with van der Waals surface area (Å²) in [5, 5.41) is 0. The molecule has 5 nitrogen and oxygen atoms in total. The van der Waals surface area contributed by atoms with Gasteiger partial charge in [-0.25, -0.2) is 4.79 Å². The third-order valence-corrected chi connectivity index (χ3v) is 6.89. The highest BCUT2D eigenvalue weighted by Crippen LogP contribution is 2.30. The molecule has 1 aliphatic carbocycles. The minimum absolute atomic E-state index is 0.216. The van der Waals surface area contributed by atoms with Crippen LogP contribution in [-0.2, 0) is 31.0 Å². The molecule has 4 rings (SSSR count). The first kappa shape index (κ1) is 24.9. The lowest BCUT2D eigenvalue weighted by molar-refractivity contribution is 0.0539. The third-order valence-electron chi connectivity index (χ3n) is 6.89. The van der Waals surface area contributed by atoms with Crippen molar-refractivity contribution in [1.29, 1.82) is 0 Å². The second-order valence-electron chi connectivity index (χ2n) is 9.81. The van der Waals surface area contributed by atoms with Crippen molar-refractivity contribution in [3.8, 4) is 0 Å². The first-order valence-corrected chi connectivity index (χ1v) is 12.7. The van der Waals surface area contributed by atoms with Crippen molar-refractivity contribution in [3.05, 3.63) is 101 Å². The minimum Gasteiger partial charge on any atom is -0.445 e. The summed E-state index contributed by atoms with van der Waals surface area (Å²) in [6.07, 6.45) is 6.23. The van der Waals surface area contributed by atoms with Crippen LogP contribution in [0.25, 0.3) is 0 Å². The summed E-state index contributed by atoms with van der Waals surface area (Å²) in [7, 11) is 2.11. The molecule has 2 atom stereocenters. The van der Waals surface area contributed by atoms with Crippen LogP contribution < -0.4 is 0 Å². The van der Waals surface area contributed by atoms with E-state index in [0.717, 1.165) is 42.8 Å². The largest absolute Gasteiger partial charge is 0.445 e. The van der Waals surface area contributed by atoms with E-state index in [1.807, 2.05) is 53.6 Å². The second-order valence-corrected chi connectivity index (χ2v) is 9.81. The normalized spacial score (nSPS) is 17.8. The molecular weight excluding hydrogens is 434 g/mol. The minimum atomic E-state index is -0.216. The Morgan fingerprint density at radius 1 is 0.857 bits per heavy atom. The molecule has 1 amide bonds. The van der Waals surface area contributed by atoms with E-state index in [1.54, 1.807) is 0 Å². The van der Waals surface area contributed by atoms with E-state index in [9.17, 15) is 4.79 Å². The molecule has 1 saturated carbocycles. The van der Waals surface area contributed by atoms with Gasteiger partial charge in [0.25, 0.3) is 0 Å². The summed E-state index contributed by atoms with van der Waals surface area (Å²) < 4.78 is 5.77. The molecule has 3 aromatic rings. The lowest BCUT2D eigenvalue weighted by Gasteiger charge is -2.38. The summed E-state index contributed by atoms with van der Waals surface area (Å²) in [5.74, 6) is 0.479. The zero-order valence-electron chi connectivity index (χ0n) is 21.0. The van der Waals surface area contributed by atoms with Gasteiger partial charge < -0.3 is 9.64 Å². The fourth-order valence-corrected chi connectivity index (χ4v) is 4.96. The highest BCUT2D eigenvalue weighted by molar-refractivity contribution is 5.68.